The van der Waals surface area contributed by atoms with Crippen LogP contribution in [0, 0.1) is 17.8 Å². The minimum absolute atomic E-state index is 0.412. The van der Waals surface area contributed by atoms with Gasteiger partial charge >= 0.3 is 0 Å². The average Bonchev–Trinajstić information content (AvgIpc) is 2.84. The molecule has 1 heterocycles. The Morgan fingerprint density at radius 1 is 1.21 bits per heavy atom. The average molecular weight is 309 g/mol. The summed E-state index contributed by atoms with van der Waals surface area (Å²) in [5, 5.41) is 0. The Balaban J connectivity index is 1.86. The van der Waals surface area contributed by atoms with Crippen molar-refractivity contribution in [1.29, 1.82) is 0 Å². The highest BCUT2D eigenvalue weighted by molar-refractivity contribution is 7.87. The van der Waals surface area contributed by atoms with Gasteiger partial charge in [-0.25, -0.2) is 4.72 Å². The number of hydrogen-bond acceptors (Lipinski definition) is 2. The molecule has 112 valence electrons. The van der Waals surface area contributed by atoms with E-state index in [4.69, 9.17) is 11.6 Å². The van der Waals surface area contributed by atoms with Crippen LogP contribution in [-0.2, 0) is 10.2 Å². The van der Waals surface area contributed by atoms with Crippen molar-refractivity contribution >= 4 is 21.8 Å². The second-order valence-electron chi connectivity index (χ2n) is 6.06. The first kappa shape index (κ1) is 15.5. The van der Waals surface area contributed by atoms with Gasteiger partial charge in [0.2, 0.25) is 0 Å². The molecular formula is C13H25ClN2O2S. The Hall–Kier alpha value is 0.160. The maximum absolute atomic E-state index is 12.3. The number of nitrogens with zero attached hydrogens (tertiary/aromatic N) is 1. The van der Waals surface area contributed by atoms with Gasteiger partial charge in [0.15, 0.2) is 0 Å². The molecule has 0 amide bonds. The summed E-state index contributed by atoms with van der Waals surface area (Å²) in [7, 11) is -3.30. The summed E-state index contributed by atoms with van der Waals surface area (Å²) in [5.74, 6) is 2.00. The van der Waals surface area contributed by atoms with E-state index in [0.717, 1.165) is 25.7 Å². The molecule has 1 saturated heterocycles. The summed E-state index contributed by atoms with van der Waals surface area (Å²) < 4.78 is 28.9. The van der Waals surface area contributed by atoms with Crippen LogP contribution >= 0.6 is 11.6 Å². The molecule has 1 saturated carbocycles. The summed E-state index contributed by atoms with van der Waals surface area (Å²) in [5.41, 5.74) is 0. The highest BCUT2D eigenvalue weighted by atomic mass is 35.5. The fourth-order valence-electron chi connectivity index (χ4n) is 3.25. The van der Waals surface area contributed by atoms with Gasteiger partial charge < -0.3 is 0 Å². The van der Waals surface area contributed by atoms with Crippen LogP contribution in [0.4, 0.5) is 0 Å². The van der Waals surface area contributed by atoms with Crippen molar-refractivity contribution in [2.75, 3.05) is 25.5 Å². The third kappa shape index (κ3) is 4.06. The van der Waals surface area contributed by atoms with E-state index in [1.165, 1.54) is 6.42 Å². The topological polar surface area (TPSA) is 49.4 Å². The van der Waals surface area contributed by atoms with Crippen molar-refractivity contribution in [3.05, 3.63) is 0 Å². The summed E-state index contributed by atoms with van der Waals surface area (Å²) in [6, 6.07) is 0. The number of piperidine rings is 1. The van der Waals surface area contributed by atoms with Crippen LogP contribution in [0.2, 0.25) is 0 Å². The van der Waals surface area contributed by atoms with Crippen molar-refractivity contribution in [3.63, 3.8) is 0 Å². The Bertz CT molecular complexity index is 388. The van der Waals surface area contributed by atoms with E-state index in [1.807, 2.05) is 0 Å². The lowest BCUT2D eigenvalue weighted by atomic mass is 9.98. The molecule has 0 bridgehead atoms. The van der Waals surface area contributed by atoms with Crippen LogP contribution < -0.4 is 4.72 Å². The van der Waals surface area contributed by atoms with Crippen LogP contribution in [0.3, 0.4) is 0 Å². The SMILES string of the molecule is CC1CCCN(S(=O)(=O)NCC2CCCC2CCl)C1. The molecule has 0 radical (unpaired) electrons. The third-order valence-electron chi connectivity index (χ3n) is 4.50. The Kier molecular flexibility index (Phi) is 5.52. The van der Waals surface area contributed by atoms with Crippen molar-refractivity contribution in [2.24, 2.45) is 17.8 Å². The van der Waals surface area contributed by atoms with Crippen LogP contribution in [0.25, 0.3) is 0 Å². The zero-order valence-electron chi connectivity index (χ0n) is 11.6. The molecule has 1 aliphatic heterocycles. The predicted molar refractivity (Wildman–Crippen MR) is 78.4 cm³/mol. The molecule has 0 spiro atoms. The van der Waals surface area contributed by atoms with Crippen LogP contribution in [0.15, 0.2) is 0 Å². The lowest BCUT2D eigenvalue weighted by Crippen LogP contribution is -2.46. The van der Waals surface area contributed by atoms with Gasteiger partial charge in [0, 0.05) is 25.5 Å². The molecule has 3 atom stereocenters. The number of hydrogen-bond donors (Lipinski definition) is 1. The van der Waals surface area contributed by atoms with Gasteiger partial charge in [-0.15, -0.1) is 11.6 Å². The normalized spacial score (nSPS) is 33.7. The monoisotopic (exact) mass is 308 g/mol. The van der Waals surface area contributed by atoms with Gasteiger partial charge in [-0.1, -0.05) is 13.3 Å². The van der Waals surface area contributed by atoms with Crippen molar-refractivity contribution in [3.8, 4) is 0 Å². The van der Waals surface area contributed by atoms with Crippen LogP contribution in [-0.4, -0.2) is 38.2 Å². The molecule has 0 aromatic rings. The molecule has 1 aliphatic carbocycles. The van der Waals surface area contributed by atoms with E-state index in [0.29, 0.717) is 43.3 Å². The molecule has 2 rings (SSSR count). The van der Waals surface area contributed by atoms with Gasteiger partial charge in [-0.05, 0) is 43.4 Å². The lowest BCUT2D eigenvalue weighted by molar-refractivity contribution is 0.276. The summed E-state index contributed by atoms with van der Waals surface area (Å²) >= 11 is 5.93. The zero-order valence-corrected chi connectivity index (χ0v) is 13.2. The maximum atomic E-state index is 12.3. The first-order valence-electron chi connectivity index (χ1n) is 7.33. The lowest BCUT2D eigenvalue weighted by Gasteiger charge is -2.30. The quantitative estimate of drug-likeness (QED) is 0.792. The molecule has 0 aromatic carbocycles. The smallest absolute Gasteiger partial charge is 0.202 e. The van der Waals surface area contributed by atoms with E-state index >= 15 is 0 Å². The van der Waals surface area contributed by atoms with Gasteiger partial charge in [0.1, 0.15) is 0 Å². The van der Waals surface area contributed by atoms with E-state index < -0.39 is 10.2 Å². The summed E-state index contributed by atoms with van der Waals surface area (Å²) in [4.78, 5) is 0. The second-order valence-corrected chi connectivity index (χ2v) is 8.13. The third-order valence-corrected chi connectivity index (χ3v) is 6.44. The predicted octanol–water partition coefficient (Wildman–Crippen LogP) is 2.21. The highest BCUT2D eigenvalue weighted by Crippen LogP contribution is 2.32. The largest absolute Gasteiger partial charge is 0.279 e. The van der Waals surface area contributed by atoms with Crippen LogP contribution in [0.1, 0.15) is 39.0 Å². The Morgan fingerprint density at radius 2 is 1.95 bits per heavy atom. The standard InChI is InChI=1S/C13H25ClN2O2S/c1-11-4-3-7-16(10-11)19(17,18)15-9-13-6-2-5-12(13)8-14/h11-13,15H,2-10H2,1H3. The van der Waals surface area contributed by atoms with Crippen molar-refractivity contribution < 1.29 is 8.42 Å². The Morgan fingerprint density at radius 3 is 2.63 bits per heavy atom. The van der Waals surface area contributed by atoms with Gasteiger partial charge in [0.25, 0.3) is 10.2 Å². The minimum Gasteiger partial charge on any atom is -0.202 e. The molecule has 1 N–H and O–H groups in total. The maximum Gasteiger partial charge on any atom is 0.279 e. The van der Waals surface area contributed by atoms with Gasteiger partial charge in [-0.3, -0.25) is 0 Å². The Labute approximate surface area is 122 Å². The molecular weight excluding hydrogens is 284 g/mol. The number of nitrogens with one attached hydrogen (secondary N) is 1. The van der Waals surface area contributed by atoms with E-state index in [2.05, 4.69) is 11.6 Å². The zero-order chi connectivity index (χ0) is 13.9. The molecule has 2 aliphatic rings. The molecule has 6 heteroatoms. The second kappa shape index (κ2) is 6.74. The van der Waals surface area contributed by atoms with E-state index in [9.17, 15) is 8.42 Å². The fourth-order valence-corrected chi connectivity index (χ4v) is 5.09. The van der Waals surface area contributed by atoms with Gasteiger partial charge in [0.05, 0.1) is 0 Å². The molecule has 19 heavy (non-hydrogen) atoms. The van der Waals surface area contributed by atoms with Gasteiger partial charge in [-0.2, -0.15) is 12.7 Å². The van der Waals surface area contributed by atoms with Crippen molar-refractivity contribution in [1.82, 2.24) is 9.03 Å². The molecule has 2 fully saturated rings. The van der Waals surface area contributed by atoms with Crippen molar-refractivity contribution in [2.45, 2.75) is 39.0 Å². The highest BCUT2D eigenvalue weighted by Gasteiger charge is 2.30. The molecule has 4 nitrogen and oxygen atoms in total. The number of halogens is 1. The number of rotatable bonds is 5. The van der Waals surface area contributed by atoms with E-state index in [-0.39, 0.29) is 0 Å². The van der Waals surface area contributed by atoms with Crippen LogP contribution in [0.5, 0.6) is 0 Å². The summed E-state index contributed by atoms with van der Waals surface area (Å²) in [6.07, 6.45) is 5.50. The van der Waals surface area contributed by atoms with E-state index in [1.54, 1.807) is 4.31 Å². The fraction of sp³-hybridized carbons (Fsp3) is 1.00. The number of alkyl halides is 1. The molecule has 3 unspecified atom stereocenters. The first-order chi connectivity index (χ1) is 9.03. The summed E-state index contributed by atoms with van der Waals surface area (Å²) in [6.45, 7) is 3.97. The minimum atomic E-state index is -3.30. The first-order valence-corrected chi connectivity index (χ1v) is 9.31. The molecule has 0 aromatic heterocycles.